The first kappa shape index (κ1) is 19.5. The molecule has 0 unspecified atom stereocenters. The maximum absolute atomic E-state index is 12.7. The average molecular weight is 379 g/mol. The Morgan fingerprint density at radius 2 is 1.71 bits per heavy atom. The average Bonchev–Trinajstić information content (AvgIpc) is 2.97. The smallest absolute Gasteiger partial charge is 0.240 e. The summed E-state index contributed by atoms with van der Waals surface area (Å²) in [5.74, 6) is -0.708. The molecule has 6 heteroatoms. The first-order valence-electron chi connectivity index (χ1n) is 9.20. The highest BCUT2D eigenvalue weighted by molar-refractivity contribution is 5.95. The molecule has 28 heavy (non-hydrogen) atoms. The van der Waals surface area contributed by atoms with E-state index in [-0.39, 0.29) is 24.5 Å². The number of aryl methyl sites for hydroxylation is 3. The number of carbonyl (C=O) groups is 2. The molecule has 0 saturated heterocycles. The molecule has 0 radical (unpaired) electrons. The van der Waals surface area contributed by atoms with Crippen molar-refractivity contribution in [3.8, 4) is 5.75 Å². The van der Waals surface area contributed by atoms with Crippen molar-refractivity contribution >= 4 is 22.7 Å². The summed E-state index contributed by atoms with van der Waals surface area (Å²) in [4.78, 5) is 27.9. The first-order chi connectivity index (χ1) is 13.3. The lowest BCUT2D eigenvalue weighted by Crippen LogP contribution is -2.46. The van der Waals surface area contributed by atoms with Crippen LogP contribution >= 0.6 is 0 Å². The van der Waals surface area contributed by atoms with Crippen molar-refractivity contribution in [2.24, 2.45) is 5.73 Å². The van der Waals surface area contributed by atoms with Crippen LogP contribution in [0.4, 0.5) is 0 Å². The van der Waals surface area contributed by atoms with E-state index in [0.717, 1.165) is 38.9 Å². The van der Waals surface area contributed by atoms with Gasteiger partial charge in [-0.05, 0) is 55.2 Å². The zero-order valence-electron chi connectivity index (χ0n) is 16.3. The van der Waals surface area contributed by atoms with Gasteiger partial charge < -0.3 is 21.1 Å². The van der Waals surface area contributed by atoms with Crippen molar-refractivity contribution in [2.75, 3.05) is 0 Å². The quantitative estimate of drug-likeness (QED) is 0.528. The maximum atomic E-state index is 12.7. The molecule has 0 bridgehead atoms. The van der Waals surface area contributed by atoms with E-state index in [0.29, 0.717) is 0 Å². The third kappa shape index (κ3) is 4.01. The zero-order chi connectivity index (χ0) is 20.4. The fourth-order valence-electron chi connectivity index (χ4n) is 3.53. The van der Waals surface area contributed by atoms with Crippen molar-refractivity contribution in [1.82, 2.24) is 10.3 Å². The van der Waals surface area contributed by atoms with Gasteiger partial charge in [0.1, 0.15) is 11.8 Å². The molecule has 1 atom stereocenters. The number of phenols is 1. The van der Waals surface area contributed by atoms with Gasteiger partial charge in [-0.3, -0.25) is 9.59 Å². The van der Waals surface area contributed by atoms with Crippen molar-refractivity contribution in [3.63, 3.8) is 0 Å². The van der Waals surface area contributed by atoms with E-state index in [1.807, 2.05) is 26.8 Å². The number of aromatic nitrogens is 1. The van der Waals surface area contributed by atoms with E-state index >= 15 is 0 Å². The van der Waals surface area contributed by atoms with Crippen molar-refractivity contribution in [1.29, 1.82) is 0 Å². The van der Waals surface area contributed by atoms with Gasteiger partial charge in [-0.15, -0.1) is 0 Å². The summed E-state index contributed by atoms with van der Waals surface area (Å²) in [6, 6.07) is 9.76. The number of primary amides is 1. The van der Waals surface area contributed by atoms with Crippen LogP contribution in [0.3, 0.4) is 0 Å². The summed E-state index contributed by atoms with van der Waals surface area (Å²) < 4.78 is 0. The summed E-state index contributed by atoms with van der Waals surface area (Å²) >= 11 is 0. The van der Waals surface area contributed by atoms with E-state index in [4.69, 9.17) is 5.73 Å². The highest BCUT2D eigenvalue weighted by Gasteiger charge is 2.21. The molecule has 6 nitrogen and oxygen atoms in total. The molecule has 2 amide bonds. The Balaban J connectivity index is 1.79. The second-order valence-electron chi connectivity index (χ2n) is 7.25. The first-order valence-corrected chi connectivity index (χ1v) is 9.20. The molecule has 0 aliphatic heterocycles. The second-order valence-corrected chi connectivity index (χ2v) is 7.25. The minimum atomic E-state index is -0.814. The van der Waals surface area contributed by atoms with Gasteiger partial charge >= 0.3 is 0 Å². The molecular formula is C22H25N3O3. The van der Waals surface area contributed by atoms with Gasteiger partial charge in [0.15, 0.2) is 0 Å². The van der Waals surface area contributed by atoms with Gasteiger partial charge in [-0.25, -0.2) is 0 Å². The summed E-state index contributed by atoms with van der Waals surface area (Å²) in [5.41, 5.74) is 11.4. The van der Waals surface area contributed by atoms with Crippen LogP contribution in [0, 0.1) is 20.8 Å². The van der Waals surface area contributed by atoms with E-state index in [9.17, 15) is 14.7 Å². The van der Waals surface area contributed by atoms with Gasteiger partial charge in [0.25, 0.3) is 0 Å². The molecule has 0 saturated carbocycles. The van der Waals surface area contributed by atoms with Crippen LogP contribution in [0.15, 0.2) is 36.4 Å². The third-order valence-electron chi connectivity index (χ3n) is 5.08. The Labute approximate surface area is 163 Å². The third-order valence-corrected chi connectivity index (χ3v) is 5.08. The van der Waals surface area contributed by atoms with E-state index in [1.165, 1.54) is 12.1 Å². The summed E-state index contributed by atoms with van der Waals surface area (Å²) in [7, 11) is 0. The van der Waals surface area contributed by atoms with Crippen molar-refractivity contribution < 1.29 is 14.7 Å². The lowest BCUT2D eigenvalue weighted by Gasteiger charge is -2.16. The van der Waals surface area contributed by atoms with Crippen LogP contribution in [-0.4, -0.2) is 27.9 Å². The number of fused-ring (bicyclic) bond motifs is 1. The van der Waals surface area contributed by atoms with Gasteiger partial charge in [0.2, 0.25) is 11.8 Å². The topological polar surface area (TPSA) is 108 Å². The maximum Gasteiger partial charge on any atom is 0.240 e. The number of amides is 2. The van der Waals surface area contributed by atoms with Crippen molar-refractivity contribution in [3.05, 3.63) is 64.3 Å². The molecule has 0 aliphatic rings. The number of aromatic hydroxyl groups is 1. The van der Waals surface area contributed by atoms with Gasteiger partial charge in [-0.2, -0.15) is 0 Å². The lowest BCUT2D eigenvalue weighted by atomic mass is 10.0. The molecule has 1 heterocycles. The number of nitrogens with one attached hydrogen (secondary N) is 2. The van der Waals surface area contributed by atoms with Crippen LogP contribution in [0.25, 0.3) is 10.9 Å². The molecule has 3 rings (SSSR count). The van der Waals surface area contributed by atoms with Crippen LogP contribution in [0.1, 0.15) is 27.9 Å². The molecule has 146 valence electrons. The fraction of sp³-hybridized carbons (Fsp3) is 0.273. The van der Waals surface area contributed by atoms with Crippen LogP contribution < -0.4 is 11.1 Å². The van der Waals surface area contributed by atoms with Gasteiger partial charge in [-0.1, -0.05) is 24.3 Å². The number of H-pyrrole nitrogens is 1. The number of aromatic amines is 1. The van der Waals surface area contributed by atoms with Gasteiger partial charge in [0.05, 0.1) is 6.42 Å². The minimum Gasteiger partial charge on any atom is -0.508 e. The highest BCUT2D eigenvalue weighted by Crippen LogP contribution is 2.28. The number of nitrogens with two attached hydrogens (primary N) is 1. The van der Waals surface area contributed by atoms with Crippen molar-refractivity contribution in [2.45, 2.75) is 39.7 Å². The lowest BCUT2D eigenvalue weighted by molar-refractivity contribution is -0.126. The summed E-state index contributed by atoms with van der Waals surface area (Å²) in [5, 5.41) is 13.2. The Morgan fingerprint density at radius 1 is 1.07 bits per heavy atom. The Bertz CT molecular complexity index is 1040. The van der Waals surface area contributed by atoms with Gasteiger partial charge in [0, 0.05) is 23.0 Å². The molecule has 1 aromatic heterocycles. The number of hydrogen-bond donors (Lipinski definition) is 4. The predicted octanol–water partition coefficient (Wildman–Crippen LogP) is 2.55. The molecule has 0 fully saturated rings. The Kier molecular flexibility index (Phi) is 5.40. The number of phenolic OH excluding ortho intramolecular Hbond substituents is 1. The van der Waals surface area contributed by atoms with Crippen LogP contribution in [0.2, 0.25) is 0 Å². The van der Waals surface area contributed by atoms with Crippen LogP contribution in [-0.2, 0) is 22.4 Å². The summed E-state index contributed by atoms with van der Waals surface area (Å²) in [6.07, 6.45) is 0.432. The second kappa shape index (κ2) is 7.76. The fourth-order valence-corrected chi connectivity index (χ4v) is 3.53. The van der Waals surface area contributed by atoms with Crippen LogP contribution in [0.5, 0.6) is 5.75 Å². The normalized spacial score (nSPS) is 12.1. The predicted molar refractivity (Wildman–Crippen MR) is 109 cm³/mol. The molecule has 5 N–H and O–H groups in total. The monoisotopic (exact) mass is 379 g/mol. The molecule has 3 aromatic rings. The number of hydrogen-bond acceptors (Lipinski definition) is 3. The van der Waals surface area contributed by atoms with E-state index in [2.05, 4.69) is 16.4 Å². The molecule has 0 spiro atoms. The summed E-state index contributed by atoms with van der Waals surface area (Å²) in [6.45, 7) is 6.00. The van der Waals surface area contributed by atoms with E-state index in [1.54, 1.807) is 12.1 Å². The minimum absolute atomic E-state index is 0.142. The number of rotatable bonds is 6. The Morgan fingerprint density at radius 3 is 2.36 bits per heavy atom. The standard InChI is InChI=1S/C22H25N3O3/c1-12-4-5-13(2)21-20(12)17(14(3)24-21)11-19(27)25-18(22(23)28)10-15-6-8-16(26)9-7-15/h4-9,18,24,26H,10-11H2,1-3H3,(H2,23,28)(H,25,27)/t18-/m0/s1. The number of benzene rings is 2. The van der Waals surface area contributed by atoms with E-state index < -0.39 is 11.9 Å². The Hall–Kier alpha value is -3.28. The molecule has 0 aliphatic carbocycles. The molecule has 2 aromatic carbocycles. The largest absolute Gasteiger partial charge is 0.508 e. The highest BCUT2D eigenvalue weighted by atomic mass is 16.3. The SMILES string of the molecule is Cc1[nH]c2c(C)ccc(C)c2c1CC(=O)N[C@@H](Cc1ccc(O)cc1)C(N)=O. The zero-order valence-corrected chi connectivity index (χ0v) is 16.3. The molecular weight excluding hydrogens is 354 g/mol. The number of carbonyl (C=O) groups excluding carboxylic acids is 2.